The van der Waals surface area contributed by atoms with Crippen LogP contribution in [0, 0.1) is 0 Å². The number of ketones is 1. The van der Waals surface area contributed by atoms with Crippen molar-refractivity contribution in [3.63, 3.8) is 0 Å². The fourth-order valence-electron chi connectivity index (χ4n) is 3.19. The summed E-state index contributed by atoms with van der Waals surface area (Å²) in [5.41, 5.74) is 1.74. The van der Waals surface area contributed by atoms with Crippen molar-refractivity contribution in [2.75, 3.05) is 14.2 Å². The lowest BCUT2D eigenvalue weighted by molar-refractivity contribution is 0.0967. The first-order valence-electron chi connectivity index (χ1n) is 8.99. The average Bonchev–Trinajstić information content (AvgIpc) is 3.20. The molecular weight excluding hydrogens is 424 g/mol. The highest BCUT2D eigenvalue weighted by Crippen LogP contribution is 2.31. The van der Waals surface area contributed by atoms with Gasteiger partial charge in [0.1, 0.15) is 16.3 Å². The van der Waals surface area contributed by atoms with E-state index in [1.54, 1.807) is 30.3 Å². The van der Waals surface area contributed by atoms with Gasteiger partial charge in [-0.3, -0.25) is 14.2 Å². The molecule has 0 saturated heterocycles. The minimum Gasteiger partial charge on any atom is -0.497 e. The number of nitrogens with zero attached hydrogens (tertiary/aromatic N) is 2. The molecule has 152 valence electrons. The summed E-state index contributed by atoms with van der Waals surface area (Å²) in [6.45, 7) is -0.152. The molecule has 0 atom stereocenters. The number of hydrogen-bond acceptors (Lipinski definition) is 6. The second-order valence-corrected chi connectivity index (χ2v) is 7.80. The van der Waals surface area contributed by atoms with E-state index in [9.17, 15) is 9.59 Å². The molecule has 0 spiro atoms. The molecule has 0 aliphatic heterocycles. The van der Waals surface area contributed by atoms with Crippen LogP contribution in [0.25, 0.3) is 21.3 Å². The van der Waals surface area contributed by atoms with Crippen LogP contribution in [0.4, 0.5) is 0 Å². The van der Waals surface area contributed by atoms with Gasteiger partial charge in [0.25, 0.3) is 5.56 Å². The van der Waals surface area contributed by atoms with Crippen molar-refractivity contribution in [1.29, 1.82) is 0 Å². The maximum Gasteiger partial charge on any atom is 0.263 e. The zero-order valence-corrected chi connectivity index (χ0v) is 17.8. The summed E-state index contributed by atoms with van der Waals surface area (Å²) >= 11 is 7.36. The third-order valence-corrected chi connectivity index (χ3v) is 5.88. The van der Waals surface area contributed by atoms with Gasteiger partial charge in [0, 0.05) is 22.0 Å². The Kier molecular flexibility index (Phi) is 5.57. The number of halogens is 1. The van der Waals surface area contributed by atoms with Gasteiger partial charge >= 0.3 is 0 Å². The lowest BCUT2D eigenvalue weighted by Gasteiger charge is -2.10. The largest absolute Gasteiger partial charge is 0.497 e. The molecule has 0 saturated carbocycles. The minimum atomic E-state index is -0.271. The van der Waals surface area contributed by atoms with Crippen LogP contribution in [-0.4, -0.2) is 29.6 Å². The van der Waals surface area contributed by atoms with Gasteiger partial charge in [0.2, 0.25) is 0 Å². The summed E-state index contributed by atoms with van der Waals surface area (Å²) in [6.07, 6.45) is 1.40. The molecule has 0 unspecified atom stereocenters. The van der Waals surface area contributed by atoms with E-state index in [-0.39, 0.29) is 17.9 Å². The highest BCUT2D eigenvalue weighted by Gasteiger charge is 2.18. The van der Waals surface area contributed by atoms with Crippen molar-refractivity contribution >= 4 is 38.9 Å². The number of thiophene rings is 1. The number of ether oxygens (including phenoxy) is 2. The smallest absolute Gasteiger partial charge is 0.263 e. The fourth-order valence-corrected chi connectivity index (χ4v) is 4.22. The molecule has 0 amide bonds. The van der Waals surface area contributed by atoms with Crippen molar-refractivity contribution in [1.82, 2.24) is 9.55 Å². The number of aromatic nitrogens is 2. The summed E-state index contributed by atoms with van der Waals surface area (Å²) in [4.78, 5) is 31.1. The lowest BCUT2D eigenvalue weighted by atomic mass is 10.1. The normalized spacial score (nSPS) is 10.9. The van der Waals surface area contributed by atoms with Crippen molar-refractivity contribution in [2.24, 2.45) is 0 Å². The van der Waals surface area contributed by atoms with Crippen LogP contribution in [0.2, 0.25) is 5.02 Å². The molecule has 2 aromatic heterocycles. The summed E-state index contributed by atoms with van der Waals surface area (Å²) in [6, 6.07) is 12.2. The average molecular weight is 441 g/mol. The van der Waals surface area contributed by atoms with Gasteiger partial charge in [-0.2, -0.15) is 0 Å². The first-order chi connectivity index (χ1) is 14.5. The molecule has 0 N–H and O–H groups in total. The van der Waals surface area contributed by atoms with Crippen molar-refractivity contribution in [3.8, 4) is 22.6 Å². The summed E-state index contributed by atoms with van der Waals surface area (Å²) in [5, 5.41) is 2.99. The maximum atomic E-state index is 13.2. The first-order valence-corrected chi connectivity index (χ1v) is 10.3. The van der Waals surface area contributed by atoms with Gasteiger partial charge in [-0.25, -0.2) is 4.98 Å². The Morgan fingerprint density at radius 3 is 2.60 bits per heavy atom. The molecule has 0 bridgehead atoms. The van der Waals surface area contributed by atoms with E-state index in [1.165, 1.54) is 36.5 Å². The maximum absolute atomic E-state index is 13.2. The predicted octanol–water partition coefficient (Wildman–Crippen LogP) is 4.68. The number of methoxy groups -OCH3 is 2. The Hall–Kier alpha value is -3.16. The molecule has 8 heteroatoms. The monoisotopic (exact) mass is 440 g/mol. The van der Waals surface area contributed by atoms with Gasteiger partial charge in [0.15, 0.2) is 5.78 Å². The second-order valence-electron chi connectivity index (χ2n) is 6.50. The van der Waals surface area contributed by atoms with Gasteiger partial charge in [-0.05, 0) is 29.8 Å². The molecule has 2 aromatic carbocycles. The van der Waals surface area contributed by atoms with E-state index < -0.39 is 0 Å². The van der Waals surface area contributed by atoms with Crippen LogP contribution in [0.1, 0.15) is 10.4 Å². The minimum absolute atomic E-state index is 0.152. The summed E-state index contributed by atoms with van der Waals surface area (Å²) in [7, 11) is 3.02. The molecule has 4 aromatic rings. The molecule has 0 radical (unpaired) electrons. The molecule has 30 heavy (non-hydrogen) atoms. The highest BCUT2D eigenvalue weighted by atomic mass is 35.5. The third-order valence-electron chi connectivity index (χ3n) is 4.74. The van der Waals surface area contributed by atoms with Crippen LogP contribution in [0.15, 0.2) is 59.0 Å². The van der Waals surface area contributed by atoms with Gasteiger partial charge < -0.3 is 9.47 Å². The summed E-state index contributed by atoms with van der Waals surface area (Å²) in [5.74, 6) is 0.703. The Morgan fingerprint density at radius 2 is 1.90 bits per heavy atom. The molecule has 0 aliphatic rings. The SMILES string of the molecule is COc1ccc(C(=O)Cn2cnc3scc(-c4ccc(Cl)cc4)c3c2=O)c(OC)c1. The number of carbonyl (C=O) groups excluding carboxylic acids is 1. The number of rotatable bonds is 6. The predicted molar refractivity (Wildman–Crippen MR) is 118 cm³/mol. The Balaban J connectivity index is 1.73. The van der Waals surface area contributed by atoms with E-state index in [4.69, 9.17) is 21.1 Å². The van der Waals surface area contributed by atoms with E-state index in [0.717, 1.165) is 11.1 Å². The quantitative estimate of drug-likeness (QED) is 0.407. The third kappa shape index (κ3) is 3.69. The van der Waals surface area contributed by atoms with Crippen LogP contribution < -0.4 is 15.0 Å². The topological polar surface area (TPSA) is 70.4 Å². The Labute approximate surface area is 181 Å². The van der Waals surface area contributed by atoms with Crippen molar-refractivity contribution < 1.29 is 14.3 Å². The van der Waals surface area contributed by atoms with Crippen LogP contribution in [-0.2, 0) is 6.54 Å². The molecule has 2 heterocycles. The zero-order valence-electron chi connectivity index (χ0n) is 16.2. The number of carbonyl (C=O) groups is 1. The molecule has 4 rings (SSSR count). The Morgan fingerprint density at radius 1 is 1.13 bits per heavy atom. The number of hydrogen-bond donors (Lipinski definition) is 0. The number of Topliss-reactive ketones (excluding diaryl/α,β-unsaturated/α-hetero) is 1. The zero-order chi connectivity index (χ0) is 21.3. The lowest BCUT2D eigenvalue weighted by Crippen LogP contribution is -2.24. The van der Waals surface area contributed by atoms with E-state index in [0.29, 0.717) is 32.3 Å². The molecule has 0 aliphatic carbocycles. The molecule has 0 fully saturated rings. The van der Waals surface area contributed by atoms with Crippen LogP contribution >= 0.6 is 22.9 Å². The van der Waals surface area contributed by atoms with E-state index in [1.807, 2.05) is 17.5 Å². The number of benzene rings is 2. The van der Waals surface area contributed by atoms with Gasteiger partial charge in [-0.15, -0.1) is 11.3 Å². The molecule has 6 nitrogen and oxygen atoms in total. The van der Waals surface area contributed by atoms with Crippen LogP contribution in [0.3, 0.4) is 0 Å². The van der Waals surface area contributed by atoms with Crippen molar-refractivity contribution in [3.05, 3.63) is 75.1 Å². The van der Waals surface area contributed by atoms with Gasteiger partial charge in [-0.1, -0.05) is 23.7 Å². The summed E-state index contributed by atoms with van der Waals surface area (Å²) < 4.78 is 11.8. The number of fused-ring (bicyclic) bond motifs is 1. The van der Waals surface area contributed by atoms with E-state index >= 15 is 0 Å². The van der Waals surface area contributed by atoms with Crippen molar-refractivity contribution in [2.45, 2.75) is 6.54 Å². The second kappa shape index (κ2) is 8.30. The van der Waals surface area contributed by atoms with E-state index in [2.05, 4.69) is 4.98 Å². The first kappa shape index (κ1) is 20.1. The van der Waals surface area contributed by atoms with Crippen LogP contribution in [0.5, 0.6) is 11.5 Å². The van der Waals surface area contributed by atoms with Gasteiger partial charge in [0.05, 0.1) is 38.0 Å². The highest BCUT2D eigenvalue weighted by molar-refractivity contribution is 7.17. The molecular formula is C22H17ClN2O4S. The Bertz CT molecular complexity index is 1290. The fraction of sp³-hybridized carbons (Fsp3) is 0.136. The standard InChI is InChI=1S/C22H17ClN2O4S/c1-28-15-7-8-16(19(9-15)29-2)18(26)10-25-12-24-21-20(22(25)27)17(11-30-21)13-3-5-14(23)6-4-13/h3-9,11-12H,10H2,1-2H3.